The number of allylic oxidation sites excluding steroid dienone is 2. The molecule has 0 fully saturated rings. The van der Waals surface area contributed by atoms with Crippen LogP contribution in [0.15, 0.2) is 28.3 Å². The van der Waals surface area contributed by atoms with E-state index in [2.05, 4.69) is 4.40 Å². The Morgan fingerprint density at radius 1 is 1.71 bits per heavy atom. The normalized spacial score (nSPS) is 19.6. The Bertz CT molecular complexity index is 349. The molecule has 0 atom stereocenters. The molecule has 0 aromatic heterocycles. The highest BCUT2D eigenvalue weighted by Crippen LogP contribution is 2.20. The summed E-state index contributed by atoms with van der Waals surface area (Å²) in [6.45, 7) is 2.68. The van der Waals surface area contributed by atoms with Crippen LogP contribution in [0.3, 0.4) is 0 Å². The van der Waals surface area contributed by atoms with Crippen molar-refractivity contribution in [3.8, 4) is 0 Å². The maximum atomic E-state index is 11.5. The van der Waals surface area contributed by atoms with E-state index in [-0.39, 0.29) is 5.68 Å². The molecule has 0 aromatic rings. The highest BCUT2D eigenvalue weighted by atomic mass is 32.2. The first-order chi connectivity index (χ1) is 6.83. The Labute approximate surface area is 88.3 Å². The minimum Gasteiger partial charge on any atom is -0.331 e. The molecular formula is C9H10BN2OS. The number of amidine groups is 1. The SMILES string of the molecule is C[B]C(=O)C1=CC=CN2CCSN=C12. The van der Waals surface area contributed by atoms with Crippen molar-refractivity contribution in [1.29, 1.82) is 0 Å². The summed E-state index contributed by atoms with van der Waals surface area (Å²) >= 11 is 1.52. The monoisotopic (exact) mass is 205 g/mol. The molecule has 2 rings (SSSR count). The molecule has 0 amide bonds. The van der Waals surface area contributed by atoms with Crippen molar-refractivity contribution in [2.45, 2.75) is 6.82 Å². The first-order valence-electron chi connectivity index (χ1n) is 4.52. The van der Waals surface area contributed by atoms with E-state index in [0.29, 0.717) is 5.57 Å². The molecule has 14 heavy (non-hydrogen) atoms. The van der Waals surface area contributed by atoms with Gasteiger partial charge in [-0.05, 0) is 24.1 Å². The lowest BCUT2D eigenvalue weighted by atomic mass is 9.72. The summed E-state index contributed by atoms with van der Waals surface area (Å²) in [7, 11) is 1.57. The molecule has 0 spiro atoms. The zero-order valence-electron chi connectivity index (χ0n) is 7.93. The average molecular weight is 205 g/mol. The van der Waals surface area contributed by atoms with Crippen LogP contribution in [0.2, 0.25) is 6.82 Å². The number of hydrogen-bond donors (Lipinski definition) is 0. The van der Waals surface area contributed by atoms with Gasteiger partial charge in [-0.1, -0.05) is 6.82 Å². The Balaban J connectivity index is 2.31. The van der Waals surface area contributed by atoms with E-state index < -0.39 is 0 Å². The number of rotatable bonds is 2. The summed E-state index contributed by atoms with van der Waals surface area (Å²) in [6, 6.07) is 0. The molecule has 0 bridgehead atoms. The van der Waals surface area contributed by atoms with Gasteiger partial charge in [-0.15, -0.1) is 0 Å². The molecular weight excluding hydrogens is 195 g/mol. The van der Waals surface area contributed by atoms with Crippen LogP contribution in [0.5, 0.6) is 0 Å². The Morgan fingerprint density at radius 2 is 2.57 bits per heavy atom. The molecule has 3 nitrogen and oxygen atoms in total. The fraction of sp³-hybridized carbons (Fsp3) is 0.333. The van der Waals surface area contributed by atoms with E-state index in [1.165, 1.54) is 11.9 Å². The van der Waals surface area contributed by atoms with Crippen LogP contribution in [0.4, 0.5) is 0 Å². The van der Waals surface area contributed by atoms with E-state index in [1.54, 1.807) is 14.1 Å². The third kappa shape index (κ3) is 1.64. The van der Waals surface area contributed by atoms with Crippen LogP contribution in [-0.4, -0.2) is 36.0 Å². The van der Waals surface area contributed by atoms with E-state index >= 15 is 0 Å². The lowest BCUT2D eigenvalue weighted by Crippen LogP contribution is -2.36. The van der Waals surface area contributed by atoms with Gasteiger partial charge < -0.3 is 9.69 Å². The van der Waals surface area contributed by atoms with E-state index in [0.717, 1.165) is 18.1 Å². The Morgan fingerprint density at radius 3 is 3.36 bits per heavy atom. The summed E-state index contributed by atoms with van der Waals surface area (Å²) < 4.78 is 4.30. The molecule has 0 N–H and O–H groups in total. The average Bonchev–Trinajstić information content (AvgIpc) is 2.27. The molecule has 71 valence electrons. The van der Waals surface area contributed by atoms with Gasteiger partial charge in [0.05, 0.1) is 5.57 Å². The van der Waals surface area contributed by atoms with Gasteiger partial charge in [-0.2, -0.15) is 4.40 Å². The molecule has 5 heteroatoms. The van der Waals surface area contributed by atoms with Gasteiger partial charge in [-0.25, -0.2) is 0 Å². The summed E-state index contributed by atoms with van der Waals surface area (Å²) in [6.07, 6.45) is 5.68. The predicted octanol–water partition coefficient (Wildman–Crippen LogP) is 1.08. The van der Waals surface area contributed by atoms with Crippen molar-refractivity contribution in [2.75, 3.05) is 12.3 Å². The minimum atomic E-state index is 0.0422. The van der Waals surface area contributed by atoms with Crippen LogP contribution in [0.1, 0.15) is 0 Å². The Kier molecular flexibility index (Phi) is 2.77. The van der Waals surface area contributed by atoms with Crippen molar-refractivity contribution in [2.24, 2.45) is 4.40 Å². The smallest absolute Gasteiger partial charge is 0.206 e. The molecule has 2 heterocycles. The maximum Gasteiger partial charge on any atom is 0.206 e. The van der Waals surface area contributed by atoms with Crippen LogP contribution in [0, 0.1) is 0 Å². The van der Waals surface area contributed by atoms with Gasteiger partial charge in [-0.3, -0.25) is 0 Å². The zero-order valence-corrected chi connectivity index (χ0v) is 8.75. The summed E-state index contributed by atoms with van der Waals surface area (Å²) in [4.78, 5) is 13.6. The van der Waals surface area contributed by atoms with Gasteiger partial charge >= 0.3 is 0 Å². The lowest BCUT2D eigenvalue weighted by molar-refractivity contribution is -0.108. The molecule has 0 saturated carbocycles. The topological polar surface area (TPSA) is 32.7 Å². The van der Waals surface area contributed by atoms with Crippen LogP contribution in [0.25, 0.3) is 0 Å². The highest BCUT2D eigenvalue weighted by Gasteiger charge is 2.23. The van der Waals surface area contributed by atoms with Gasteiger partial charge in [0.15, 0.2) is 5.84 Å². The van der Waals surface area contributed by atoms with Crippen molar-refractivity contribution in [1.82, 2.24) is 4.90 Å². The zero-order chi connectivity index (χ0) is 9.97. The van der Waals surface area contributed by atoms with Crippen LogP contribution >= 0.6 is 11.9 Å². The number of carbonyl (C=O) groups is 1. The summed E-state index contributed by atoms with van der Waals surface area (Å²) in [5.74, 6) is 1.78. The molecule has 0 unspecified atom stereocenters. The van der Waals surface area contributed by atoms with Gasteiger partial charge in [0.1, 0.15) is 5.68 Å². The Hall–Kier alpha value is -0.965. The van der Waals surface area contributed by atoms with Crippen LogP contribution in [-0.2, 0) is 4.79 Å². The first kappa shape index (κ1) is 9.58. The lowest BCUT2D eigenvalue weighted by Gasteiger charge is -2.28. The first-order valence-corrected chi connectivity index (χ1v) is 5.46. The van der Waals surface area contributed by atoms with Gasteiger partial charge in [0.25, 0.3) is 0 Å². The van der Waals surface area contributed by atoms with E-state index in [9.17, 15) is 4.79 Å². The molecule has 2 aliphatic heterocycles. The molecule has 0 aromatic carbocycles. The number of fused-ring (bicyclic) bond motifs is 1. The van der Waals surface area contributed by atoms with Gasteiger partial charge in [0, 0.05) is 18.5 Å². The third-order valence-corrected chi connectivity index (χ3v) is 2.81. The second-order valence-corrected chi connectivity index (χ2v) is 3.87. The summed E-state index contributed by atoms with van der Waals surface area (Å²) in [5, 5.41) is 0. The van der Waals surface area contributed by atoms with Gasteiger partial charge in [0.2, 0.25) is 7.28 Å². The second kappa shape index (κ2) is 4.04. The molecule has 0 aliphatic carbocycles. The highest BCUT2D eigenvalue weighted by molar-refractivity contribution is 7.98. The maximum absolute atomic E-state index is 11.5. The quantitative estimate of drug-likeness (QED) is 0.499. The molecule has 0 saturated heterocycles. The fourth-order valence-corrected chi connectivity index (χ4v) is 2.11. The van der Waals surface area contributed by atoms with Crippen molar-refractivity contribution >= 4 is 30.7 Å². The number of hydrogen-bond acceptors (Lipinski definition) is 4. The second-order valence-electron chi connectivity index (χ2n) is 3.02. The largest absolute Gasteiger partial charge is 0.331 e. The summed E-state index contributed by atoms with van der Waals surface area (Å²) in [5.41, 5.74) is 0.739. The van der Waals surface area contributed by atoms with Crippen molar-refractivity contribution in [3.05, 3.63) is 23.9 Å². The predicted molar refractivity (Wildman–Crippen MR) is 60.4 cm³/mol. The van der Waals surface area contributed by atoms with E-state index in [1.807, 2.05) is 23.3 Å². The molecule has 2 aliphatic rings. The third-order valence-electron chi connectivity index (χ3n) is 2.14. The number of carbonyl (C=O) groups excluding carboxylic acids is 1. The van der Waals surface area contributed by atoms with Crippen molar-refractivity contribution in [3.63, 3.8) is 0 Å². The van der Waals surface area contributed by atoms with Crippen LogP contribution < -0.4 is 0 Å². The minimum absolute atomic E-state index is 0.0422. The standard InChI is InChI=1S/C9H10BN2OS/c1-10-8(13)7-3-2-4-12-5-6-14-11-9(7)12/h2-4H,5-6H2,1H3. The number of nitrogens with zero attached hydrogens (tertiary/aromatic N) is 2. The van der Waals surface area contributed by atoms with E-state index in [4.69, 9.17) is 0 Å². The fourth-order valence-electron chi connectivity index (χ4n) is 1.42. The van der Waals surface area contributed by atoms with Crippen molar-refractivity contribution < 1.29 is 4.79 Å². The molecule has 1 radical (unpaired) electrons.